The Labute approximate surface area is 85.2 Å². The van der Waals surface area contributed by atoms with Gasteiger partial charge in [0.2, 0.25) is 5.91 Å². The number of hydrogen-bond donors (Lipinski definition) is 3. The molecule has 5 heteroatoms. The van der Waals surface area contributed by atoms with Crippen LogP contribution < -0.4 is 16.4 Å². The van der Waals surface area contributed by atoms with Crippen molar-refractivity contribution < 1.29 is 4.79 Å². The molecule has 0 saturated carbocycles. The number of nitrogens with zero attached hydrogens (tertiary/aromatic N) is 1. The molecule has 0 saturated heterocycles. The van der Waals surface area contributed by atoms with Gasteiger partial charge < -0.3 is 16.4 Å². The van der Waals surface area contributed by atoms with Crippen LogP contribution in [0.5, 0.6) is 0 Å². The summed E-state index contributed by atoms with van der Waals surface area (Å²) in [6, 6.07) is -0.463. The van der Waals surface area contributed by atoms with E-state index in [9.17, 15) is 4.79 Å². The first-order chi connectivity index (χ1) is 6.26. The predicted molar refractivity (Wildman–Crippen MR) is 58.0 cm³/mol. The fourth-order valence-electron chi connectivity index (χ4n) is 0.893. The quantitative estimate of drug-likeness (QED) is 0.427. The summed E-state index contributed by atoms with van der Waals surface area (Å²) in [7, 11) is 1.57. The molecule has 0 aliphatic carbocycles. The molecule has 1 atom stereocenters. The van der Waals surface area contributed by atoms with Crippen molar-refractivity contribution in [2.75, 3.05) is 7.05 Å². The molecule has 1 unspecified atom stereocenters. The number of aliphatic imine (C=N–C) groups is 1. The van der Waals surface area contributed by atoms with E-state index in [4.69, 9.17) is 5.73 Å². The smallest absolute Gasteiger partial charge is 0.244 e. The van der Waals surface area contributed by atoms with E-state index in [0.717, 1.165) is 0 Å². The van der Waals surface area contributed by atoms with Gasteiger partial charge in [0.25, 0.3) is 0 Å². The van der Waals surface area contributed by atoms with Crippen molar-refractivity contribution in [3.63, 3.8) is 0 Å². The van der Waals surface area contributed by atoms with Gasteiger partial charge in [0.1, 0.15) is 6.04 Å². The van der Waals surface area contributed by atoms with E-state index in [-0.39, 0.29) is 17.4 Å². The summed E-state index contributed by atoms with van der Waals surface area (Å²) in [5.74, 6) is 0.136. The third-order valence-corrected chi connectivity index (χ3v) is 1.46. The van der Waals surface area contributed by atoms with Gasteiger partial charge in [-0.05, 0) is 27.7 Å². The van der Waals surface area contributed by atoms with Gasteiger partial charge in [-0.25, -0.2) is 4.99 Å². The van der Waals surface area contributed by atoms with Crippen molar-refractivity contribution in [2.24, 2.45) is 10.7 Å². The summed E-state index contributed by atoms with van der Waals surface area (Å²) < 4.78 is 0. The van der Waals surface area contributed by atoms with Crippen molar-refractivity contribution in [3.8, 4) is 0 Å². The molecular weight excluding hydrogens is 180 g/mol. The van der Waals surface area contributed by atoms with Gasteiger partial charge in [-0.3, -0.25) is 4.79 Å². The van der Waals surface area contributed by atoms with E-state index in [1.54, 1.807) is 14.0 Å². The average molecular weight is 200 g/mol. The molecule has 0 bridgehead atoms. The molecule has 0 aliphatic rings. The largest absolute Gasteiger partial charge is 0.370 e. The highest BCUT2D eigenvalue weighted by Gasteiger charge is 2.13. The van der Waals surface area contributed by atoms with Gasteiger partial charge in [-0.1, -0.05) is 0 Å². The second kappa shape index (κ2) is 4.83. The zero-order valence-corrected chi connectivity index (χ0v) is 9.51. The number of carbonyl (C=O) groups is 1. The Morgan fingerprint density at radius 2 is 1.93 bits per heavy atom. The molecule has 5 nitrogen and oxygen atoms in total. The number of nitrogens with one attached hydrogen (secondary N) is 2. The number of guanidine groups is 1. The van der Waals surface area contributed by atoms with E-state index in [1.807, 2.05) is 20.8 Å². The SMILES string of the molecule is CNC(=O)C(C)N=C(N)NC(C)(C)C. The lowest BCUT2D eigenvalue weighted by Crippen LogP contribution is -2.46. The normalized spacial score (nSPS) is 14.8. The third kappa shape index (κ3) is 5.40. The van der Waals surface area contributed by atoms with Crippen LogP contribution in [-0.2, 0) is 4.79 Å². The first-order valence-electron chi connectivity index (χ1n) is 4.59. The van der Waals surface area contributed by atoms with Gasteiger partial charge in [0.15, 0.2) is 5.96 Å². The van der Waals surface area contributed by atoms with E-state index >= 15 is 0 Å². The Morgan fingerprint density at radius 1 is 1.43 bits per heavy atom. The molecule has 0 spiro atoms. The zero-order valence-electron chi connectivity index (χ0n) is 9.51. The number of rotatable bonds is 2. The highest BCUT2D eigenvalue weighted by Crippen LogP contribution is 1.98. The van der Waals surface area contributed by atoms with Crippen molar-refractivity contribution >= 4 is 11.9 Å². The first kappa shape index (κ1) is 12.7. The summed E-state index contributed by atoms with van der Waals surface area (Å²) in [6.45, 7) is 7.61. The Bertz CT molecular complexity index is 229. The van der Waals surface area contributed by atoms with Crippen LogP contribution in [0.3, 0.4) is 0 Å². The molecule has 0 radical (unpaired) electrons. The van der Waals surface area contributed by atoms with Crippen molar-refractivity contribution in [1.29, 1.82) is 0 Å². The van der Waals surface area contributed by atoms with Gasteiger partial charge in [0.05, 0.1) is 0 Å². The van der Waals surface area contributed by atoms with Crippen molar-refractivity contribution in [1.82, 2.24) is 10.6 Å². The monoisotopic (exact) mass is 200 g/mol. The summed E-state index contributed by atoms with van der Waals surface area (Å²) in [5.41, 5.74) is 5.47. The first-order valence-corrected chi connectivity index (χ1v) is 4.59. The molecule has 0 aromatic heterocycles. The minimum absolute atomic E-state index is 0.143. The van der Waals surface area contributed by atoms with E-state index in [1.165, 1.54) is 0 Å². The lowest BCUT2D eigenvalue weighted by atomic mass is 10.1. The van der Waals surface area contributed by atoms with Crippen LogP contribution in [0, 0.1) is 0 Å². The standard InChI is InChI=1S/C9H20N4O/c1-6(7(14)11-5)12-8(10)13-9(2,3)4/h6H,1-5H3,(H,11,14)(H3,10,12,13). The number of likely N-dealkylation sites (N-methyl/N-ethyl adjacent to an activating group) is 1. The molecule has 0 aromatic carbocycles. The Hall–Kier alpha value is -1.26. The molecule has 0 aliphatic heterocycles. The lowest BCUT2D eigenvalue weighted by molar-refractivity contribution is -0.121. The van der Waals surface area contributed by atoms with Crippen LogP contribution in [-0.4, -0.2) is 30.5 Å². The number of carbonyl (C=O) groups excluding carboxylic acids is 1. The maximum atomic E-state index is 11.1. The molecule has 14 heavy (non-hydrogen) atoms. The third-order valence-electron chi connectivity index (χ3n) is 1.46. The maximum absolute atomic E-state index is 11.1. The van der Waals surface area contributed by atoms with Gasteiger partial charge in [-0.15, -0.1) is 0 Å². The van der Waals surface area contributed by atoms with Crippen LogP contribution in [0.15, 0.2) is 4.99 Å². The highest BCUT2D eigenvalue weighted by atomic mass is 16.2. The molecule has 0 fully saturated rings. The minimum Gasteiger partial charge on any atom is -0.370 e. The van der Waals surface area contributed by atoms with E-state index in [2.05, 4.69) is 15.6 Å². The predicted octanol–water partition coefficient (Wildman–Crippen LogP) is -0.176. The number of hydrogen-bond acceptors (Lipinski definition) is 2. The minimum atomic E-state index is -0.463. The van der Waals surface area contributed by atoms with Crippen LogP contribution in [0.1, 0.15) is 27.7 Å². The highest BCUT2D eigenvalue weighted by molar-refractivity contribution is 5.86. The molecule has 0 aromatic rings. The maximum Gasteiger partial charge on any atom is 0.244 e. The molecule has 82 valence electrons. The number of nitrogens with two attached hydrogens (primary N) is 1. The molecule has 0 rings (SSSR count). The topological polar surface area (TPSA) is 79.5 Å². The Morgan fingerprint density at radius 3 is 2.29 bits per heavy atom. The van der Waals surface area contributed by atoms with Crippen LogP contribution in [0.2, 0.25) is 0 Å². The van der Waals surface area contributed by atoms with Crippen LogP contribution in [0.25, 0.3) is 0 Å². The Balaban J connectivity index is 4.30. The molecular formula is C9H20N4O. The van der Waals surface area contributed by atoms with Gasteiger partial charge in [0, 0.05) is 12.6 Å². The summed E-state index contributed by atoms with van der Waals surface area (Å²) in [5, 5.41) is 5.48. The second-order valence-corrected chi connectivity index (χ2v) is 4.18. The van der Waals surface area contributed by atoms with Crippen LogP contribution in [0.4, 0.5) is 0 Å². The summed E-state index contributed by atoms with van der Waals surface area (Å²) >= 11 is 0. The van der Waals surface area contributed by atoms with Crippen LogP contribution >= 0.6 is 0 Å². The second-order valence-electron chi connectivity index (χ2n) is 4.18. The Kier molecular flexibility index (Phi) is 4.40. The van der Waals surface area contributed by atoms with Gasteiger partial charge >= 0.3 is 0 Å². The van der Waals surface area contributed by atoms with E-state index < -0.39 is 6.04 Å². The van der Waals surface area contributed by atoms with Crippen molar-refractivity contribution in [3.05, 3.63) is 0 Å². The lowest BCUT2D eigenvalue weighted by Gasteiger charge is -2.21. The molecule has 4 N–H and O–H groups in total. The van der Waals surface area contributed by atoms with Gasteiger partial charge in [-0.2, -0.15) is 0 Å². The molecule has 0 heterocycles. The average Bonchev–Trinajstić information content (AvgIpc) is 1.99. The van der Waals surface area contributed by atoms with E-state index in [0.29, 0.717) is 0 Å². The van der Waals surface area contributed by atoms with Crippen molar-refractivity contribution in [2.45, 2.75) is 39.3 Å². The zero-order chi connectivity index (χ0) is 11.4. The number of amides is 1. The fourth-order valence-corrected chi connectivity index (χ4v) is 0.893. The summed E-state index contributed by atoms with van der Waals surface area (Å²) in [4.78, 5) is 15.1. The summed E-state index contributed by atoms with van der Waals surface area (Å²) in [6.07, 6.45) is 0. The fraction of sp³-hybridized carbons (Fsp3) is 0.778. The molecule has 1 amide bonds.